The second-order valence-electron chi connectivity index (χ2n) is 6.83. The Morgan fingerprint density at radius 3 is 1.96 bits per heavy atom. The van der Waals surface area contributed by atoms with Crippen molar-refractivity contribution in [3.63, 3.8) is 0 Å². The lowest BCUT2D eigenvalue weighted by Gasteiger charge is -2.05. The van der Waals surface area contributed by atoms with Crippen LogP contribution in [0.5, 0.6) is 0 Å². The third-order valence-corrected chi connectivity index (χ3v) is 4.49. The van der Waals surface area contributed by atoms with Crippen molar-refractivity contribution >= 4 is 5.97 Å². The quantitative estimate of drug-likeness (QED) is 0.180. The van der Waals surface area contributed by atoms with Crippen LogP contribution in [-0.4, -0.2) is 12.6 Å². The van der Waals surface area contributed by atoms with E-state index in [0.29, 0.717) is 16.9 Å². The number of nitrogens with zero attached hydrogens (tertiary/aromatic N) is 1. The minimum atomic E-state index is -0.413. The first-order chi connectivity index (χ1) is 12.2. The number of hydrogen-bond donors (Lipinski definition) is 0. The minimum absolute atomic E-state index is 0.312. The van der Waals surface area contributed by atoms with E-state index in [1.165, 1.54) is 83.0 Å². The van der Waals surface area contributed by atoms with E-state index in [-0.39, 0.29) is 0 Å². The van der Waals surface area contributed by atoms with Crippen LogP contribution < -0.4 is 4.73 Å². The number of carbonyl (C=O) groups excluding carboxylic acids is 1. The minimum Gasteiger partial charge on any atom is -0.619 e. The van der Waals surface area contributed by atoms with E-state index in [1.807, 2.05) is 0 Å². The van der Waals surface area contributed by atoms with Gasteiger partial charge in [0, 0.05) is 6.07 Å². The summed E-state index contributed by atoms with van der Waals surface area (Å²) < 4.78 is 5.80. The summed E-state index contributed by atoms with van der Waals surface area (Å²) in [6.45, 7) is 2.69. The van der Waals surface area contributed by atoms with Gasteiger partial charge in [0.15, 0.2) is 12.4 Å². The first kappa shape index (κ1) is 21.5. The summed E-state index contributed by atoms with van der Waals surface area (Å²) in [6.07, 6.45) is 19.4. The van der Waals surface area contributed by atoms with Crippen LogP contribution >= 0.6 is 0 Å². The number of aromatic nitrogens is 1. The summed E-state index contributed by atoms with van der Waals surface area (Å²) in [5.74, 6) is -0.413. The topological polar surface area (TPSA) is 53.2 Å². The van der Waals surface area contributed by atoms with Gasteiger partial charge in [0.2, 0.25) is 0 Å². The first-order valence-corrected chi connectivity index (χ1v) is 10.1. The largest absolute Gasteiger partial charge is 0.619 e. The van der Waals surface area contributed by atoms with E-state index >= 15 is 0 Å². The molecular weight excluding hydrogens is 314 g/mol. The van der Waals surface area contributed by atoms with E-state index in [2.05, 4.69) is 6.92 Å². The highest BCUT2D eigenvalue weighted by Gasteiger charge is 2.09. The van der Waals surface area contributed by atoms with Gasteiger partial charge in [-0.05, 0) is 12.5 Å². The van der Waals surface area contributed by atoms with Crippen molar-refractivity contribution in [3.8, 4) is 0 Å². The summed E-state index contributed by atoms with van der Waals surface area (Å²) in [7, 11) is 0. The van der Waals surface area contributed by atoms with Gasteiger partial charge in [0.25, 0.3) is 0 Å². The Balaban J connectivity index is 1.85. The highest BCUT2D eigenvalue weighted by molar-refractivity contribution is 5.88. The Labute approximate surface area is 153 Å². The molecule has 0 aliphatic rings. The lowest BCUT2D eigenvalue weighted by Crippen LogP contribution is -2.26. The molecule has 0 saturated carbocycles. The van der Waals surface area contributed by atoms with Crippen LogP contribution in [0.1, 0.15) is 101 Å². The maximum atomic E-state index is 11.7. The molecule has 142 valence electrons. The SMILES string of the molecule is CCCCCCCCCCCCCCCOC(=O)c1ccc[n+]([O-])c1. The summed E-state index contributed by atoms with van der Waals surface area (Å²) >= 11 is 0. The lowest BCUT2D eigenvalue weighted by molar-refractivity contribution is -0.605. The maximum Gasteiger partial charge on any atom is 0.344 e. The van der Waals surface area contributed by atoms with Crippen molar-refractivity contribution in [2.45, 2.75) is 90.4 Å². The van der Waals surface area contributed by atoms with Crippen molar-refractivity contribution < 1.29 is 14.3 Å². The third kappa shape index (κ3) is 11.6. The van der Waals surface area contributed by atoms with Crippen molar-refractivity contribution in [2.75, 3.05) is 6.61 Å². The van der Waals surface area contributed by atoms with Crippen LogP contribution in [0.15, 0.2) is 24.5 Å². The van der Waals surface area contributed by atoms with Gasteiger partial charge in [0.1, 0.15) is 5.56 Å². The molecule has 0 aromatic carbocycles. The summed E-state index contributed by atoms with van der Waals surface area (Å²) in [4.78, 5) is 11.7. The zero-order valence-electron chi connectivity index (χ0n) is 15.9. The Bertz CT molecular complexity index is 462. The van der Waals surface area contributed by atoms with E-state index in [4.69, 9.17) is 4.74 Å². The molecule has 0 aliphatic heterocycles. The highest BCUT2D eigenvalue weighted by atomic mass is 16.5. The Kier molecular flexibility index (Phi) is 12.7. The average Bonchev–Trinajstić information content (AvgIpc) is 2.62. The second kappa shape index (κ2) is 14.7. The molecule has 1 heterocycles. The zero-order valence-corrected chi connectivity index (χ0v) is 15.9. The molecule has 1 aromatic rings. The van der Waals surface area contributed by atoms with Crippen LogP contribution in [-0.2, 0) is 4.74 Å². The lowest BCUT2D eigenvalue weighted by atomic mass is 10.0. The van der Waals surface area contributed by atoms with Gasteiger partial charge < -0.3 is 9.94 Å². The van der Waals surface area contributed by atoms with Crippen molar-refractivity contribution in [3.05, 3.63) is 35.3 Å². The smallest absolute Gasteiger partial charge is 0.344 e. The van der Waals surface area contributed by atoms with Gasteiger partial charge in [-0.2, -0.15) is 4.73 Å². The number of pyridine rings is 1. The fraction of sp³-hybridized carbons (Fsp3) is 0.714. The molecule has 4 nitrogen and oxygen atoms in total. The highest BCUT2D eigenvalue weighted by Crippen LogP contribution is 2.12. The van der Waals surface area contributed by atoms with Crippen LogP contribution in [0.25, 0.3) is 0 Å². The second-order valence-corrected chi connectivity index (χ2v) is 6.83. The average molecular weight is 350 g/mol. The monoisotopic (exact) mass is 349 g/mol. The third-order valence-electron chi connectivity index (χ3n) is 4.49. The van der Waals surface area contributed by atoms with Crippen LogP contribution in [0, 0.1) is 5.21 Å². The van der Waals surface area contributed by atoms with Crippen LogP contribution in [0.2, 0.25) is 0 Å². The summed E-state index contributed by atoms with van der Waals surface area (Å²) in [6, 6.07) is 3.15. The molecule has 0 atom stereocenters. The van der Waals surface area contributed by atoms with E-state index < -0.39 is 5.97 Å². The number of unbranched alkanes of at least 4 members (excludes halogenated alkanes) is 12. The van der Waals surface area contributed by atoms with E-state index in [0.717, 1.165) is 12.8 Å². The number of ether oxygens (including phenoxy) is 1. The van der Waals surface area contributed by atoms with E-state index in [9.17, 15) is 10.0 Å². The summed E-state index contributed by atoms with van der Waals surface area (Å²) in [5.41, 5.74) is 0.312. The predicted octanol–water partition coefficient (Wildman–Crippen LogP) is 5.57. The Hall–Kier alpha value is -1.58. The van der Waals surface area contributed by atoms with Gasteiger partial charge >= 0.3 is 5.97 Å². The predicted molar refractivity (Wildman–Crippen MR) is 101 cm³/mol. The standard InChI is InChI=1S/C21H35NO3/c1-2-3-4-5-6-7-8-9-10-11-12-13-14-18-25-21(23)20-16-15-17-22(24)19-20/h15-17,19H,2-14,18H2,1H3. The number of hydrogen-bond acceptors (Lipinski definition) is 3. The molecule has 0 bridgehead atoms. The number of esters is 1. The number of rotatable bonds is 15. The Morgan fingerprint density at radius 2 is 1.44 bits per heavy atom. The molecule has 4 heteroatoms. The molecule has 1 rings (SSSR count). The van der Waals surface area contributed by atoms with Gasteiger partial charge in [-0.25, -0.2) is 4.79 Å². The molecule has 0 N–H and O–H groups in total. The molecule has 0 amide bonds. The molecule has 0 spiro atoms. The molecule has 0 saturated heterocycles. The van der Waals surface area contributed by atoms with Gasteiger partial charge in [-0.15, -0.1) is 0 Å². The molecule has 0 fully saturated rings. The van der Waals surface area contributed by atoms with Crippen molar-refractivity contribution in [2.24, 2.45) is 0 Å². The van der Waals surface area contributed by atoms with Crippen LogP contribution in [0.3, 0.4) is 0 Å². The normalized spacial score (nSPS) is 10.8. The summed E-state index contributed by atoms with van der Waals surface area (Å²) in [5, 5.41) is 11.1. The molecule has 1 aromatic heterocycles. The maximum absolute atomic E-state index is 11.7. The van der Waals surface area contributed by atoms with E-state index in [1.54, 1.807) is 12.1 Å². The van der Waals surface area contributed by atoms with Gasteiger partial charge in [-0.1, -0.05) is 84.0 Å². The van der Waals surface area contributed by atoms with Gasteiger partial charge in [0.05, 0.1) is 6.61 Å². The molecule has 0 aliphatic carbocycles. The van der Waals surface area contributed by atoms with Crippen molar-refractivity contribution in [1.29, 1.82) is 0 Å². The molecular formula is C21H35NO3. The zero-order chi connectivity index (χ0) is 18.2. The first-order valence-electron chi connectivity index (χ1n) is 10.1. The van der Waals surface area contributed by atoms with Crippen molar-refractivity contribution in [1.82, 2.24) is 0 Å². The number of carbonyl (C=O) groups is 1. The molecule has 25 heavy (non-hydrogen) atoms. The fourth-order valence-corrected chi connectivity index (χ4v) is 2.94. The molecule has 0 radical (unpaired) electrons. The van der Waals surface area contributed by atoms with Gasteiger partial charge in [-0.3, -0.25) is 0 Å². The Morgan fingerprint density at radius 1 is 0.920 bits per heavy atom. The molecule has 0 unspecified atom stereocenters. The van der Waals surface area contributed by atoms with Crippen LogP contribution in [0.4, 0.5) is 0 Å². The fourth-order valence-electron chi connectivity index (χ4n) is 2.94.